The van der Waals surface area contributed by atoms with Crippen LogP contribution in [0.25, 0.3) is 0 Å². The van der Waals surface area contributed by atoms with Crippen molar-refractivity contribution in [3.8, 4) is 0 Å². The molecular weight excluding hydrogens is 604 g/mol. The summed E-state index contributed by atoms with van der Waals surface area (Å²) in [6, 6.07) is 0. The van der Waals surface area contributed by atoms with Gasteiger partial charge >= 0.3 is 23.9 Å². The first-order valence-electron chi connectivity index (χ1n) is 17.1. The molecule has 5 aliphatic heterocycles. The predicted octanol–water partition coefficient (Wildman–Crippen LogP) is 2.29. The Hall–Kier alpha value is -2.32. The van der Waals surface area contributed by atoms with E-state index in [0.717, 1.165) is 52.1 Å². The molecule has 0 spiro atoms. The Bertz CT molecular complexity index is 1080. The molecule has 6 fully saturated rings. The number of hydrogen-bond acceptors (Lipinski definition) is 13. The zero-order chi connectivity index (χ0) is 32.1. The van der Waals surface area contributed by atoms with Gasteiger partial charge < -0.3 is 42.6 Å². The second kappa shape index (κ2) is 15.3. The van der Waals surface area contributed by atoms with E-state index in [1.54, 1.807) is 6.92 Å². The summed E-state index contributed by atoms with van der Waals surface area (Å²) in [4.78, 5) is 53.7. The summed E-state index contributed by atoms with van der Waals surface area (Å²) in [6.07, 6.45) is 6.03. The van der Waals surface area contributed by atoms with Gasteiger partial charge in [-0.25, -0.2) is 0 Å². The van der Waals surface area contributed by atoms with Gasteiger partial charge in [0.05, 0.1) is 102 Å². The molecule has 5 saturated heterocycles. The minimum absolute atomic E-state index is 0.114. The SMILES string of the molecule is CC12OC1C(C(CC(=O)OCCCC1CO1)C(=O)OCCCC1CO1)CC(C(=O)OCCCC1CO1)C2C(=O)OCCCC1CO1. The van der Waals surface area contributed by atoms with Crippen LogP contribution in [0.5, 0.6) is 0 Å². The highest BCUT2D eigenvalue weighted by atomic mass is 16.6. The summed E-state index contributed by atoms with van der Waals surface area (Å²) in [7, 11) is 0. The van der Waals surface area contributed by atoms with Crippen LogP contribution in [0.2, 0.25) is 0 Å². The lowest BCUT2D eigenvalue weighted by molar-refractivity contribution is -0.167. The van der Waals surface area contributed by atoms with E-state index >= 15 is 0 Å². The van der Waals surface area contributed by atoms with E-state index in [9.17, 15) is 19.2 Å². The van der Waals surface area contributed by atoms with E-state index in [1.165, 1.54) is 0 Å². The third-order valence-electron chi connectivity index (χ3n) is 9.87. The van der Waals surface area contributed by atoms with Crippen LogP contribution in [-0.2, 0) is 61.8 Å². The first-order valence-corrected chi connectivity index (χ1v) is 17.1. The Kier molecular flexibility index (Phi) is 11.1. The van der Waals surface area contributed by atoms with Crippen LogP contribution in [0.3, 0.4) is 0 Å². The zero-order valence-corrected chi connectivity index (χ0v) is 26.7. The number of hydrogen-bond donors (Lipinski definition) is 0. The zero-order valence-electron chi connectivity index (χ0n) is 26.7. The third kappa shape index (κ3) is 9.62. The molecule has 0 aromatic rings. The fraction of sp³-hybridized carbons (Fsp3) is 0.879. The fourth-order valence-electron chi connectivity index (χ4n) is 6.80. The Morgan fingerprint density at radius 2 is 1.13 bits per heavy atom. The van der Waals surface area contributed by atoms with E-state index in [0.29, 0.717) is 25.7 Å². The lowest BCUT2D eigenvalue weighted by Crippen LogP contribution is -2.50. The van der Waals surface area contributed by atoms with Crippen molar-refractivity contribution in [3.05, 3.63) is 0 Å². The molecule has 13 nitrogen and oxygen atoms in total. The van der Waals surface area contributed by atoms with Crippen molar-refractivity contribution in [2.45, 2.75) is 107 Å². The van der Waals surface area contributed by atoms with Crippen LogP contribution in [0.4, 0.5) is 0 Å². The molecule has 1 saturated carbocycles. The minimum atomic E-state index is -1.05. The maximum absolute atomic E-state index is 13.6. The Balaban J connectivity index is 1.12. The molecule has 46 heavy (non-hydrogen) atoms. The van der Waals surface area contributed by atoms with Crippen LogP contribution in [0, 0.1) is 23.7 Å². The third-order valence-corrected chi connectivity index (χ3v) is 9.87. The van der Waals surface area contributed by atoms with Crippen LogP contribution in [0.15, 0.2) is 0 Å². The lowest BCUT2D eigenvalue weighted by Gasteiger charge is -2.36. The number of esters is 4. The highest BCUT2D eigenvalue weighted by Gasteiger charge is 2.71. The highest BCUT2D eigenvalue weighted by molar-refractivity contribution is 5.85. The Morgan fingerprint density at radius 1 is 0.674 bits per heavy atom. The number of carbonyl (C=O) groups excluding carboxylic acids is 4. The van der Waals surface area contributed by atoms with Gasteiger partial charge in [0, 0.05) is 5.92 Å². The molecule has 0 radical (unpaired) electrons. The maximum atomic E-state index is 13.6. The van der Waals surface area contributed by atoms with Gasteiger partial charge in [-0.2, -0.15) is 0 Å². The molecule has 6 aliphatic rings. The monoisotopic (exact) mass is 652 g/mol. The smallest absolute Gasteiger partial charge is 0.312 e. The van der Waals surface area contributed by atoms with E-state index < -0.39 is 59.3 Å². The van der Waals surface area contributed by atoms with Crippen molar-refractivity contribution in [1.82, 2.24) is 0 Å². The van der Waals surface area contributed by atoms with Gasteiger partial charge in [0.1, 0.15) is 11.5 Å². The van der Waals surface area contributed by atoms with Crippen molar-refractivity contribution >= 4 is 23.9 Å². The van der Waals surface area contributed by atoms with Crippen LogP contribution >= 0.6 is 0 Å². The topological polar surface area (TPSA) is 168 Å². The van der Waals surface area contributed by atoms with Crippen molar-refractivity contribution < 1.29 is 61.8 Å². The first-order chi connectivity index (χ1) is 22.3. The first kappa shape index (κ1) is 33.6. The summed E-state index contributed by atoms with van der Waals surface area (Å²) < 4.78 is 49.6. The van der Waals surface area contributed by atoms with Gasteiger partial charge in [-0.05, 0) is 64.7 Å². The number of fused-ring (bicyclic) bond motifs is 1. The molecule has 0 aromatic heterocycles. The average Bonchev–Trinajstić information content (AvgIpc) is 3.84. The average molecular weight is 653 g/mol. The molecule has 10 unspecified atom stereocenters. The molecule has 5 heterocycles. The highest BCUT2D eigenvalue weighted by Crippen LogP contribution is 2.58. The molecular formula is C33H48O13. The minimum Gasteiger partial charge on any atom is -0.466 e. The van der Waals surface area contributed by atoms with Gasteiger partial charge in [0.15, 0.2) is 0 Å². The van der Waals surface area contributed by atoms with Crippen molar-refractivity contribution in [2.75, 3.05) is 52.9 Å². The van der Waals surface area contributed by atoms with Gasteiger partial charge in [0.2, 0.25) is 0 Å². The van der Waals surface area contributed by atoms with Crippen LogP contribution in [0.1, 0.15) is 71.1 Å². The quantitative estimate of drug-likeness (QED) is 0.0724. The molecule has 0 N–H and O–H groups in total. The molecule has 0 aromatic carbocycles. The van der Waals surface area contributed by atoms with Gasteiger partial charge in [0.25, 0.3) is 0 Å². The number of epoxide rings is 5. The second-order valence-corrected chi connectivity index (χ2v) is 13.6. The van der Waals surface area contributed by atoms with Crippen molar-refractivity contribution in [1.29, 1.82) is 0 Å². The summed E-state index contributed by atoms with van der Waals surface area (Å²) >= 11 is 0. The Labute approximate surface area is 269 Å². The standard InChI is InChI=1S/C33H48O13/c1-33-28(32(37)41-13-5-9-23-19-45-23)26(31(36)40-12-4-8-22-18-44-22)14-24(29(33)46-33)25(30(35)39-11-3-7-21-17-43-21)15-27(34)38-10-2-6-20-16-42-20/h20-26,28-29H,2-19H2,1H3. The predicted molar refractivity (Wildman–Crippen MR) is 156 cm³/mol. The number of ether oxygens (including phenoxy) is 9. The fourth-order valence-corrected chi connectivity index (χ4v) is 6.80. The molecule has 6 rings (SSSR count). The van der Waals surface area contributed by atoms with E-state index in [1.807, 2.05) is 0 Å². The van der Waals surface area contributed by atoms with Crippen LogP contribution in [-0.4, -0.2) is 113 Å². The lowest BCUT2D eigenvalue weighted by atomic mass is 9.64. The largest absolute Gasteiger partial charge is 0.466 e. The van der Waals surface area contributed by atoms with Crippen molar-refractivity contribution in [2.24, 2.45) is 23.7 Å². The normalized spacial score (nSPS) is 35.2. The van der Waals surface area contributed by atoms with Gasteiger partial charge in [-0.15, -0.1) is 0 Å². The number of carbonyl (C=O) groups is 4. The summed E-state index contributed by atoms with van der Waals surface area (Å²) in [5.41, 5.74) is -1.05. The number of rotatable bonds is 22. The summed E-state index contributed by atoms with van der Waals surface area (Å²) in [5.74, 6) is -5.41. The van der Waals surface area contributed by atoms with E-state index in [4.69, 9.17) is 42.6 Å². The Morgan fingerprint density at radius 3 is 1.63 bits per heavy atom. The summed E-state index contributed by atoms with van der Waals surface area (Å²) in [6.45, 7) is 5.50. The second-order valence-electron chi connectivity index (χ2n) is 13.6. The molecule has 13 heteroatoms. The summed E-state index contributed by atoms with van der Waals surface area (Å²) in [5, 5.41) is 0. The molecule has 10 atom stereocenters. The van der Waals surface area contributed by atoms with Crippen molar-refractivity contribution in [3.63, 3.8) is 0 Å². The van der Waals surface area contributed by atoms with E-state index in [2.05, 4.69) is 0 Å². The molecule has 1 aliphatic carbocycles. The van der Waals surface area contributed by atoms with Gasteiger partial charge in [-0.3, -0.25) is 19.2 Å². The molecule has 0 amide bonds. The molecule has 258 valence electrons. The van der Waals surface area contributed by atoms with E-state index in [-0.39, 0.29) is 63.7 Å². The maximum Gasteiger partial charge on any atom is 0.312 e. The van der Waals surface area contributed by atoms with Gasteiger partial charge in [-0.1, -0.05) is 0 Å². The molecule has 0 bridgehead atoms. The van der Waals surface area contributed by atoms with Crippen LogP contribution < -0.4 is 0 Å².